The van der Waals surface area contributed by atoms with Gasteiger partial charge in [0.15, 0.2) is 0 Å². The van der Waals surface area contributed by atoms with Crippen LogP contribution in [0, 0.1) is 0 Å². The molecule has 1 aliphatic heterocycles. The molecule has 0 atom stereocenters. The molecule has 1 aromatic heterocycles. The Morgan fingerprint density at radius 1 is 1.03 bits per heavy atom. The number of allylic oxidation sites excluding steroid dienone is 4. The fourth-order valence-electron chi connectivity index (χ4n) is 4.26. The number of rotatable bonds is 9. The van der Waals surface area contributed by atoms with E-state index >= 15 is 0 Å². The highest BCUT2D eigenvalue weighted by molar-refractivity contribution is 8.03. The first-order valence-electron chi connectivity index (χ1n) is 12.0. The summed E-state index contributed by atoms with van der Waals surface area (Å²) in [6.07, 6.45) is 3.51. The van der Waals surface area contributed by atoms with Crippen LogP contribution in [-0.4, -0.2) is 52.7 Å². The average Bonchev–Trinajstić information content (AvgIpc) is 3.35. The highest BCUT2D eigenvalue weighted by Crippen LogP contribution is 2.32. The Balaban J connectivity index is 1.54. The monoisotopic (exact) mass is 531 g/mol. The summed E-state index contributed by atoms with van der Waals surface area (Å²) in [6, 6.07) is 15.4. The number of aromatic amines is 1. The highest BCUT2D eigenvalue weighted by Gasteiger charge is 2.27. The fraction of sp³-hybridized carbons (Fsp3) is 0.200. The van der Waals surface area contributed by atoms with E-state index in [0.717, 1.165) is 22.2 Å². The van der Waals surface area contributed by atoms with Crippen LogP contribution in [0.15, 0.2) is 102 Å². The minimum Gasteiger partial charge on any atom is -0.367 e. The number of nitrogens with zero attached hydrogens (tertiary/aromatic N) is 2. The first-order valence-corrected chi connectivity index (χ1v) is 13.4. The summed E-state index contributed by atoms with van der Waals surface area (Å²) in [5, 5.41) is 1.59. The number of benzene rings is 2. The second-order valence-corrected chi connectivity index (χ2v) is 10.4. The number of aromatic nitrogens is 1. The number of Topliss-reactive ketones (excluding diaryl/α,β-unsaturated/α-hetero) is 1. The van der Waals surface area contributed by atoms with E-state index < -0.39 is 0 Å². The first-order chi connectivity index (χ1) is 17.8. The molecule has 0 bridgehead atoms. The minimum absolute atomic E-state index is 0.00491. The summed E-state index contributed by atoms with van der Waals surface area (Å²) in [4.78, 5) is 34.5. The van der Waals surface area contributed by atoms with Gasteiger partial charge in [-0.2, -0.15) is 0 Å². The van der Waals surface area contributed by atoms with E-state index in [-0.39, 0.29) is 11.7 Å². The Kier molecular flexibility index (Phi) is 8.41. The number of H-pyrrole nitrogens is 1. The van der Waals surface area contributed by atoms with E-state index in [0.29, 0.717) is 58.6 Å². The van der Waals surface area contributed by atoms with Crippen LogP contribution < -0.4 is 0 Å². The van der Waals surface area contributed by atoms with Gasteiger partial charge in [0.05, 0.1) is 16.2 Å². The molecule has 37 heavy (non-hydrogen) atoms. The number of halogens is 1. The number of thioether (sulfide) groups is 1. The van der Waals surface area contributed by atoms with Gasteiger partial charge in [0, 0.05) is 59.6 Å². The van der Waals surface area contributed by atoms with Crippen molar-refractivity contribution in [1.82, 2.24) is 14.8 Å². The van der Waals surface area contributed by atoms with Crippen LogP contribution in [0.25, 0.3) is 10.9 Å². The van der Waals surface area contributed by atoms with Crippen LogP contribution in [0.5, 0.6) is 0 Å². The highest BCUT2D eigenvalue weighted by atomic mass is 35.5. The molecule has 0 radical (unpaired) electrons. The van der Waals surface area contributed by atoms with Gasteiger partial charge in [0.25, 0.3) is 5.91 Å². The van der Waals surface area contributed by atoms with Crippen LogP contribution in [0.1, 0.15) is 22.8 Å². The third-order valence-corrected chi connectivity index (χ3v) is 7.86. The van der Waals surface area contributed by atoms with Crippen molar-refractivity contribution < 1.29 is 9.59 Å². The molecular formula is C30H30ClN3O2S. The maximum atomic E-state index is 13.5. The fourth-order valence-corrected chi connectivity index (χ4v) is 5.50. The van der Waals surface area contributed by atoms with Crippen molar-refractivity contribution in [1.29, 1.82) is 0 Å². The lowest BCUT2D eigenvalue weighted by Crippen LogP contribution is -2.48. The maximum Gasteiger partial charge on any atom is 0.256 e. The van der Waals surface area contributed by atoms with Crippen LogP contribution in [0.4, 0.5) is 0 Å². The second kappa shape index (κ2) is 11.7. The predicted octanol–water partition coefficient (Wildman–Crippen LogP) is 6.61. The first kappa shape index (κ1) is 26.6. The number of hydrogen-bond acceptors (Lipinski definition) is 4. The molecule has 7 heteroatoms. The Morgan fingerprint density at radius 2 is 1.68 bits per heavy atom. The molecule has 1 saturated heterocycles. The van der Waals surface area contributed by atoms with E-state index in [4.69, 9.17) is 11.6 Å². The molecule has 0 spiro atoms. The van der Waals surface area contributed by atoms with Crippen molar-refractivity contribution in [3.05, 3.63) is 118 Å². The summed E-state index contributed by atoms with van der Waals surface area (Å²) in [5.41, 5.74) is 4.44. The largest absolute Gasteiger partial charge is 0.367 e. The molecule has 3 aromatic rings. The van der Waals surface area contributed by atoms with Crippen molar-refractivity contribution >= 4 is 46.0 Å². The second-order valence-electron chi connectivity index (χ2n) is 8.95. The molecule has 1 amide bonds. The quantitative estimate of drug-likeness (QED) is 0.249. The van der Waals surface area contributed by atoms with E-state index in [9.17, 15) is 9.59 Å². The molecule has 2 heterocycles. The molecule has 0 aliphatic carbocycles. The van der Waals surface area contributed by atoms with Crippen molar-refractivity contribution in [2.75, 3.05) is 26.2 Å². The number of hydrogen-bond donors (Lipinski definition) is 1. The molecule has 190 valence electrons. The predicted molar refractivity (Wildman–Crippen MR) is 155 cm³/mol. The summed E-state index contributed by atoms with van der Waals surface area (Å²) in [6.45, 7) is 15.9. The lowest BCUT2D eigenvalue weighted by Gasteiger charge is -2.37. The molecule has 5 nitrogen and oxygen atoms in total. The smallest absolute Gasteiger partial charge is 0.256 e. The third-order valence-electron chi connectivity index (χ3n) is 6.45. The van der Waals surface area contributed by atoms with Gasteiger partial charge in [-0.3, -0.25) is 9.59 Å². The zero-order valence-electron chi connectivity index (χ0n) is 20.9. The van der Waals surface area contributed by atoms with Crippen LogP contribution in [0.2, 0.25) is 5.02 Å². The zero-order valence-corrected chi connectivity index (χ0v) is 22.5. The molecule has 4 rings (SSSR count). The standard InChI is InChI=1S/C30H30ClN3O2S/c1-5-27(29(28(35)21(4)20(2)3)37-19-22-10-12-23(31)13-11-22)33-14-16-34(17-15-33)30(36)25-18-32-26-9-7-6-8-24(25)26/h5-13,18,32H,1-2,4,14-17,19H2,3H3/b29-27-. The summed E-state index contributed by atoms with van der Waals surface area (Å²) in [7, 11) is 0. The lowest BCUT2D eigenvalue weighted by molar-refractivity contribution is -0.111. The van der Waals surface area contributed by atoms with Gasteiger partial charge in [-0.05, 0) is 42.3 Å². The van der Waals surface area contributed by atoms with Crippen LogP contribution in [-0.2, 0) is 10.5 Å². The summed E-state index contributed by atoms with van der Waals surface area (Å²) < 4.78 is 0. The van der Waals surface area contributed by atoms with E-state index in [2.05, 4.69) is 29.6 Å². The summed E-state index contributed by atoms with van der Waals surface area (Å²) >= 11 is 7.48. The summed E-state index contributed by atoms with van der Waals surface area (Å²) in [5.74, 6) is 0.446. The Bertz CT molecular complexity index is 1400. The number of nitrogens with one attached hydrogen (secondary N) is 1. The zero-order chi connectivity index (χ0) is 26.5. The average molecular weight is 532 g/mol. The maximum absolute atomic E-state index is 13.5. The number of carbonyl (C=O) groups excluding carboxylic acids is 2. The minimum atomic E-state index is -0.154. The van der Waals surface area contributed by atoms with Crippen molar-refractivity contribution in [2.45, 2.75) is 12.7 Å². The number of carbonyl (C=O) groups is 2. The van der Waals surface area contributed by atoms with Crippen LogP contribution in [0.3, 0.4) is 0 Å². The van der Waals surface area contributed by atoms with Crippen molar-refractivity contribution in [3.63, 3.8) is 0 Å². The number of para-hydroxylation sites is 1. The number of ketones is 1. The van der Waals surface area contributed by atoms with Gasteiger partial charge >= 0.3 is 0 Å². The van der Waals surface area contributed by atoms with Gasteiger partial charge in [-0.15, -0.1) is 11.8 Å². The Hall–Kier alpha value is -3.48. The number of fused-ring (bicyclic) bond motifs is 1. The van der Waals surface area contributed by atoms with E-state index in [1.165, 1.54) is 11.8 Å². The Morgan fingerprint density at radius 3 is 2.32 bits per heavy atom. The molecular weight excluding hydrogens is 502 g/mol. The van der Waals surface area contributed by atoms with Gasteiger partial charge in [-0.25, -0.2) is 0 Å². The van der Waals surface area contributed by atoms with Crippen LogP contribution >= 0.6 is 23.4 Å². The lowest BCUT2D eigenvalue weighted by atomic mass is 10.1. The molecule has 1 fully saturated rings. The third kappa shape index (κ3) is 5.92. The SMILES string of the molecule is C=C/C(=C(/SCc1ccc(Cl)cc1)C(=O)C(=C)C(=C)C)N1CCN(C(=O)c2c[nH]c3ccccc23)CC1. The molecule has 2 aromatic carbocycles. The normalized spacial score (nSPS) is 14.3. The van der Waals surface area contributed by atoms with Crippen molar-refractivity contribution in [2.24, 2.45) is 0 Å². The van der Waals surface area contributed by atoms with Crippen molar-refractivity contribution in [3.8, 4) is 0 Å². The van der Waals surface area contributed by atoms with Gasteiger partial charge in [0.2, 0.25) is 5.78 Å². The van der Waals surface area contributed by atoms with Gasteiger partial charge in [0.1, 0.15) is 0 Å². The number of piperazine rings is 1. The van der Waals surface area contributed by atoms with Gasteiger partial charge in [-0.1, -0.05) is 61.7 Å². The molecule has 1 N–H and O–H groups in total. The number of amides is 1. The van der Waals surface area contributed by atoms with E-state index in [1.807, 2.05) is 53.4 Å². The molecule has 0 saturated carbocycles. The van der Waals surface area contributed by atoms with E-state index in [1.54, 1.807) is 19.2 Å². The van der Waals surface area contributed by atoms with Gasteiger partial charge < -0.3 is 14.8 Å². The topological polar surface area (TPSA) is 56.4 Å². The molecule has 1 aliphatic rings. The molecule has 0 unspecified atom stereocenters. The Labute approximate surface area is 227 Å².